The van der Waals surface area contributed by atoms with E-state index in [1.54, 1.807) is 0 Å². The minimum atomic E-state index is 0.946. The average Bonchev–Trinajstić information content (AvgIpc) is 2.89. The Morgan fingerprint density at radius 2 is 1.83 bits per heavy atom. The number of hydrogen-bond donors (Lipinski definition) is 1. The minimum absolute atomic E-state index is 0.946. The van der Waals surface area contributed by atoms with E-state index in [1.165, 1.54) is 0 Å². The molecular formula is C14H18N4. The number of para-hydroxylation sites is 1. The molecule has 4 heteroatoms. The third-order valence-corrected chi connectivity index (χ3v) is 3.26. The van der Waals surface area contributed by atoms with Gasteiger partial charge in [-0.05, 0) is 18.2 Å². The molecule has 0 spiro atoms. The molecule has 2 aromatic rings. The molecule has 1 fully saturated rings. The van der Waals surface area contributed by atoms with Gasteiger partial charge < -0.3 is 5.32 Å². The number of nitrogens with one attached hydrogen (secondary N) is 1. The lowest BCUT2D eigenvalue weighted by Crippen LogP contribution is -2.42. The molecule has 0 aliphatic carbocycles. The van der Waals surface area contributed by atoms with E-state index in [0.29, 0.717) is 0 Å². The lowest BCUT2D eigenvalue weighted by Gasteiger charge is -2.26. The van der Waals surface area contributed by atoms with Gasteiger partial charge in [-0.2, -0.15) is 5.10 Å². The fourth-order valence-electron chi connectivity index (χ4n) is 2.27. The van der Waals surface area contributed by atoms with Gasteiger partial charge in [0.25, 0.3) is 0 Å². The Balaban J connectivity index is 1.69. The van der Waals surface area contributed by atoms with E-state index in [-0.39, 0.29) is 0 Å². The highest BCUT2D eigenvalue weighted by Crippen LogP contribution is 2.08. The van der Waals surface area contributed by atoms with Crippen LogP contribution in [0.5, 0.6) is 0 Å². The molecule has 94 valence electrons. The molecule has 1 N–H and O–H groups in total. The van der Waals surface area contributed by atoms with Gasteiger partial charge in [-0.15, -0.1) is 0 Å². The SMILES string of the molecule is c1ccc(-n2ccc(CN3CCNCC3)n2)cc1. The van der Waals surface area contributed by atoms with Crippen LogP contribution in [0.2, 0.25) is 0 Å². The molecule has 0 radical (unpaired) electrons. The number of piperazine rings is 1. The lowest BCUT2D eigenvalue weighted by molar-refractivity contribution is 0.230. The fourth-order valence-corrected chi connectivity index (χ4v) is 2.27. The van der Waals surface area contributed by atoms with E-state index in [1.807, 2.05) is 29.1 Å². The molecule has 1 aromatic heterocycles. The molecule has 1 aliphatic rings. The first-order chi connectivity index (χ1) is 8.92. The number of rotatable bonds is 3. The summed E-state index contributed by atoms with van der Waals surface area (Å²) in [6.07, 6.45) is 2.03. The van der Waals surface area contributed by atoms with Crippen molar-refractivity contribution in [1.29, 1.82) is 0 Å². The van der Waals surface area contributed by atoms with Crippen molar-refractivity contribution in [3.05, 3.63) is 48.3 Å². The molecule has 1 saturated heterocycles. The van der Waals surface area contributed by atoms with Crippen molar-refractivity contribution in [3.8, 4) is 5.69 Å². The number of nitrogens with zero attached hydrogens (tertiary/aromatic N) is 3. The largest absolute Gasteiger partial charge is 0.314 e. The topological polar surface area (TPSA) is 33.1 Å². The fraction of sp³-hybridized carbons (Fsp3) is 0.357. The van der Waals surface area contributed by atoms with Crippen molar-refractivity contribution in [2.24, 2.45) is 0 Å². The smallest absolute Gasteiger partial charge is 0.0769 e. The predicted octanol–water partition coefficient (Wildman–Crippen LogP) is 1.28. The van der Waals surface area contributed by atoms with Gasteiger partial charge in [-0.1, -0.05) is 18.2 Å². The summed E-state index contributed by atoms with van der Waals surface area (Å²) in [6.45, 7) is 5.33. The molecule has 0 amide bonds. The zero-order valence-corrected chi connectivity index (χ0v) is 10.4. The number of hydrogen-bond acceptors (Lipinski definition) is 3. The normalized spacial score (nSPS) is 16.9. The van der Waals surface area contributed by atoms with Gasteiger partial charge in [-0.3, -0.25) is 4.90 Å². The molecule has 0 bridgehead atoms. The maximum atomic E-state index is 4.63. The summed E-state index contributed by atoms with van der Waals surface area (Å²) in [4.78, 5) is 2.44. The molecule has 0 saturated carbocycles. The zero-order valence-electron chi connectivity index (χ0n) is 10.4. The van der Waals surface area contributed by atoms with Crippen molar-refractivity contribution in [2.45, 2.75) is 6.54 Å². The first-order valence-electron chi connectivity index (χ1n) is 6.45. The minimum Gasteiger partial charge on any atom is -0.314 e. The van der Waals surface area contributed by atoms with Gasteiger partial charge in [0, 0.05) is 38.9 Å². The van der Waals surface area contributed by atoms with Crippen LogP contribution in [-0.4, -0.2) is 40.9 Å². The molecular weight excluding hydrogens is 224 g/mol. The lowest BCUT2D eigenvalue weighted by atomic mass is 10.3. The summed E-state index contributed by atoms with van der Waals surface area (Å²) in [5.74, 6) is 0. The molecule has 1 aromatic carbocycles. The first kappa shape index (κ1) is 11.4. The number of benzene rings is 1. The van der Waals surface area contributed by atoms with Crippen LogP contribution in [0.15, 0.2) is 42.6 Å². The van der Waals surface area contributed by atoms with Crippen LogP contribution in [-0.2, 0) is 6.54 Å². The summed E-state index contributed by atoms with van der Waals surface area (Å²) >= 11 is 0. The van der Waals surface area contributed by atoms with E-state index >= 15 is 0 Å². The maximum absolute atomic E-state index is 4.63. The zero-order chi connectivity index (χ0) is 12.2. The van der Waals surface area contributed by atoms with E-state index in [4.69, 9.17) is 0 Å². The molecule has 18 heavy (non-hydrogen) atoms. The van der Waals surface area contributed by atoms with E-state index in [2.05, 4.69) is 33.5 Å². The summed E-state index contributed by atoms with van der Waals surface area (Å²) in [6, 6.07) is 12.3. The molecule has 4 nitrogen and oxygen atoms in total. The third kappa shape index (κ3) is 2.60. The molecule has 0 atom stereocenters. The van der Waals surface area contributed by atoms with Gasteiger partial charge in [0.1, 0.15) is 0 Å². The quantitative estimate of drug-likeness (QED) is 0.880. The Labute approximate surface area is 107 Å². The highest BCUT2D eigenvalue weighted by Gasteiger charge is 2.11. The summed E-state index contributed by atoms with van der Waals surface area (Å²) < 4.78 is 1.94. The Kier molecular flexibility index (Phi) is 3.39. The molecule has 0 unspecified atom stereocenters. The van der Waals surface area contributed by atoms with Crippen LogP contribution in [0.3, 0.4) is 0 Å². The maximum Gasteiger partial charge on any atom is 0.0769 e. The monoisotopic (exact) mass is 242 g/mol. The Morgan fingerprint density at radius 1 is 1.06 bits per heavy atom. The van der Waals surface area contributed by atoms with Crippen molar-refractivity contribution in [1.82, 2.24) is 20.0 Å². The van der Waals surface area contributed by atoms with E-state index < -0.39 is 0 Å². The Hall–Kier alpha value is -1.65. The van der Waals surface area contributed by atoms with Gasteiger partial charge in [-0.25, -0.2) is 4.68 Å². The van der Waals surface area contributed by atoms with Gasteiger partial charge in [0.05, 0.1) is 11.4 Å². The van der Waals surface area contributed by atoms with Crippen LogP contribution >= 0.6 is 0 Å². The van der Waals surface area contributed by atoms with Crippen LogP contribution in [0.25, 0.3) is 5.69 Å². The summed E-state index contributed by atoms with van der Waals surface area (Å²) in [5.41, 5.74) is 2.25. The van der Waals surface area contributed by atoms with Gasteiger partial charge in [0.15, 0.2) is 0 Å². The predicted molar refractivity (Wildman–Crippen MR) is 71.7 cm³/mol. The van der Waals surface area contributed by atoms with Gasteiger partial charge >= 0.3 is 0 Å². The highest BCUT2D eigenvalue weighted by atomic mass is 15.3. The molecule has 3 rings (SSSR count). The second kappa shape index (κ2) is 5.33. The van der Waals surface area contributed by atoms with Crippen molar-refractivity contribution >= 4 is 0 Å². The van der Waals surface area contributed by atoms with Gasteiger partial charge in [0.2, 0.25) is 0 Å². The second-order valence-electron chi connectivity index (χ2n) is 4.61. The van der Waals surface area contributed by atoms with Crippen molar-refractivity contribution in [2.75, 3.05) is 26.2 Å². The second-order valence-corrected chi connectivity index (χ2v) is 4.61. The van der Waals surface area contributed by atoms with Crippen molar-refractivity contribution < 1.29 is 0 Å². The van der Waals surface area contributed by atoms with E-state index in [9.17, 15) is 0 Å². The molecule has 1 aliphatic heterocycles. The Bertz CT molecular complexity index is 486. The summed E-state index contributed by atoms with van der Waals surface area (Å²) in [5, 5.41) is 7.99. The van der Waals surface area contributed by atoms with Crippen LogP contribution < -0.4 is 5.32 Å². The van der Waals surface area contributed by atoms with Crippen LogP contribution in [0, 0.1) is 0 Å². The summed E-state index contributed by atoms with van der Waals surface area (Å²) in [7, 11) is 0. The third-order valence-electron chi connectivity index (χ3n) is 3.26. The molecule has 2 heterocycles. The average molecular weight is 242 g/mol. The standard InChI is InChI=1S/C14H18N4/c1-2-4-14(5-3-1)18-9-6-13(16-18)12-17-10-7-15-8-11-17/h1-6,9,15H,7-8,10-12H2. The van der Waals surface area contributed by atoms with E-state index in [0.717, 1.165) is 44.1 Å². The Morgan fingerprint density at radius 3 is 2.61 bits per heavy atom. The first-order valence-corrected chi connectivity index (χ1v) is 6.45. The number of aromatic nitrogens is 2. The van der Waals surface area contributed by atoms with Crippen LogP contribution in [0.4, 0.5) is 0 Å². The van der Waals surface area contributed by atoms with Crippen molar-refractivity contribution in [3.63, 3.8) is 0 Å². The van der Waals surface area contributed by atoms with Crippen LogP contribution in [0.1, 0.15) is 5.69 Å². The highest BCUT2D eigenvalue weighted by molar-refractivity contribution is 5.30.